The second kappa shape index (κ2) is 5.37. The average molecular weight is 277 g/mol. The van der Waals surface area contributed by atoms with Crippen LogP contribution in [0.4, 0.5) is 0 Å². The molecule has 1 fully saturated rings. The first-order valence-corrected chi connectivity index (χ1v) is 8.40. The van der Waals surface area contributed by atoms with Gasteiger partial charge in [0.15, 0.2) is 0 Å². The van der Waals surface area contributed by atoms with Crippen molar-refractivity contribution in [2.24, 2.45) is 0 Å². The molecule has 3 heteroatoms. The summed E-state index contributed by atoms with van der Waals surface area (Å²) < 4.78 is 5.92. The van der Waals surface area contributed by atoms with Crippen molar-refractivity contribution in [1.29, 1.82) is 0 Å². The molecule has 104 valence electrons. The van der Waals surface area contributed by atoms with Gasteiger partial charge in [0.1, 0.15) is 11.4 Å². The molecule has 0 aliphatic carbocycles. The van der Waals surface area contributed by atoms with Crippen LogP contribution in [-0.4, -0.2) is 23.1 Å². The van der Waals surface area contributed by atoms with Crippen LogP contribution in [-0.2, 0) is 13.0 Å². The lowest BCUT2D eigenvalue weighted by Gasteiger charge is -2.22. The molecule has 0 aromatic heterocycles. The molecule has 3 rings (SSSR count). The molecule has 0 unspecified atom stereocenters. The molecule has 2 heterocycles. The topological polar surface area (TPSA) is 21.3 Å². The summed E-state index contributed by atoms with van der Waals surface area (Å²) in [5.41, 5.74) is 2.72. The molecule has 0 saturated carbocycles. The van der Waals surface area contributed by atoms with Crippen LogP contribution in [0, 0.1) is 0 Å². The van der Waals surface area contributed by atoms with Crippen LogP contribution >= 0.6 is 11.8 Å². The molecule has 1 aromatic carbocycles. The second-order valence-electron chi connectivity index (χ2n) is 6.25. The van der Waals surface area contributed by atoms with Gasteiger partial charge in [-0.3, -0.25) is 0 Å². The molecule has 0 bridgehead atoms. The Balaban J connectivity index is 1.60. The molecular weight excluding hydrogens is 254 g/mol. The van der Waals surface area contributed by atoms with Crippen LogP contribution < -0.4 is 10.1 Å². The molecular formula is C16H23NOS. The minimum absolute atomic E-state index is 0.0328. The third-order valence-corrected chi connectivity index (χ3v) is 4.99. The number of fused-ring (bicyclic) bond motifs is 1. The van der Waals surface area contributed by atoms with E-state index in [9.17, 15) is 0 Å². The van der Waals surface area contributed by atoms with Crippen LogP contribution in [0.1, 0.15) is 37.8 Å². The van der Waals surface area contributed by atoms with E-state index in [1.165, 1.54) is 35.5 Å². The van der Waals surface area contributed by atoms with Crippen molar-refractivity contribution in [3.63, 3.8) is 0 Å². The number of hydrogen-bond donors (Lipinski definition) is 1. The maximum atomic E-state index is 5.92. The van der Waals surface area contributed by atoms with E-state index in [1.807, 2.05) is 0 Å². The predicted molar refractivity (Wildman–Crippen MR) is 82.0 cm³/mol. The highest BCUT2D eigenvalue weighted by molar-refractivity contribution is 7.99. The second-order valence-corrected chi connectivity index (χ2v) is 7.47. The highest BCUT2D eigenvalue weighted by atomic mass is 32.2. The van der Waals surface area contributed by atoms with E-state index < -0.39 is 0 Å². The Morgan fingerprint density at radius 3 is 2.89 bits per heavy atom. The Morgan fingerprint density at radius 2 is 2.11 bits per heavy atom. The number of rotatable bonds is 3. The fourth-order valence-corrected chi connectivity index (χ4v) is 4.04. The minimum Gasteiger partial charge on any atom is -0.487 e. The lowest BCUT2D eigenvalue weighted by Crippen LogP contribution is -2.32. The number of thioether (sulfide) groups is 1. The van der Waals surface area contributed by atoms with Gasteiger partial charge in [-0.1, -0.05) is 12.1 Å². The van der Waals surface area contributed by atoms with Gasteiger partial charge in [0.25, 0.3) is 0 Å². The standard InChI is InChI=1S/C16H23NOS/c1-16(2)10-13-9-12(3-4-15(13)18-16)11-17-14-5-7-19-8-6-14/h3-4,9,14,17H,5-8,10-11H2,1-2H3. The van der Waals surface area contributed by atoms with Crippen molar-refractivity contribution >= 4 is 11.8 Å². The zero-order chi connectivity index (χ0) is 13.3. The van der Waals surface area contributed by atoms with Crippen LogP contribution in [0.15, 0.2) is 18.2 Å². The van der Waals surface area contributed by atoms with Gasteiger partial charge in [-0.25, -0.2) is 0 Å². The Kier molecular flexibility index (Phi) is 3.77. The Hall–Kier alpha value is -0.670. The van der Waals surface area contributed by atoms with Gasteiger partial charge in [0, 0.05) is 19.0 Å². The van der Waals surface area contributed by atoms with E-state index in [1.54, 1.807) is 0 Å². The first kappa shape index (κ1) is 13.3. The lowest BCUT2D eigenvalue weighted by molar-refractivity contribution is 0.138. The summed E-state index contributed by atoms with van der Waals surface area (Å²) in [5.74, 6) is 3.69. The fourth-order valence-electron chi connectivity index (χ4n) is 2.94. The van der Waals surface area contributed by atoms with Crippen LogP contribution in [0.25, 0.3) is 0 Å². The maximum Gasteiger partial charge on any atom is 0.123 e. The zero-order valence-corrected chi connectivity index (χ0v) is 12.7. The summed E-state index contributed by atoms with van der Waals surface area (Å²) in [4.78, 5) is 0. The molecule has 1 saturated heterocycles. The number of nitrogens with one attached hydrogen (secondary N) is 1. The van der Waals surface area contributed by atoms with E-state index in [0.717, 1.165) is 18.7 Å². The van der Waals surface area contributed by atoms with Gasteiger partial charge in [-0.15, -0.1) is 0 Å². The van der Waals surface area contributed by atoms with E-state index in [-0.39, 0.29) is 5.60 Å². The molecule has 0 atom stereocenters. The number of ether oxygens (including phenoxy) is 1. The van der Waals surface area contributed by atoms with Crippen LogP contribution in [0.2, 0.25) is 0 Å². The van der Waals surface area contributed by atoms with E-state index >= 15 is 0 Å². The van der Waals surface area contributed by atoms with Gasteiger partial charge in [-0.05, 0) is 55.4 Å². The molecule has 2 nitrogen and oxygen atoms in total. The summed E-state index contributed by atoms with van der Waals surface area (Å²) in [5, 5.41) is 3.70. The van der Waals surface area contributed by atoms with E-state index in [0.29, 0.717) is 6.04 Å². The van der Waals surface area contributed by atoms with E-state index in [4.69, 9.17) is 4.74 Å². The van der Waals surface area contributed by atoms with Crippen molar-refractivity contribution in [2.75, 3.05) is 11.5 Å². The third-order valence-electron chi connectivity index (χ3n) is 3.94. The Morgan fingerprint density at radius 1 is 1.32 bits per heavy atom. The van der Waals surface area contributed by atoms with Gasteiger partial charge in [0.05, 0.1) is 0 Å². The average Bonchev–Trinajstić information content (AvgIpc) is 2.70. The van der Waals surface area contributed by atoms with Crippen molar-refractivity contribution in [3.8, 4) is 5.75 Å². The molecule has 1 N–H and O–H groups in total. The van der Waals surface area contributed by atoms with Gasteiger partial charge >= 0.3 is 0 Å². The monoisotopic (exact) mass is 277 g/mol. The normalized spacial score (nSPS) is 22.0. The highest BCUT2D eigenvalue weighted by Crippen LogP contribution is 2.35. The maximum absolute atomic E-state index is 5.92. The largest absolute Gasteiger partial charge is 0.487 e. The van der Waals surface area contributed by atoms with Crippen molar-refractivity contribution in [1.82, 2.24) is 5.32 Å². The summed E-state index contributed by atoms with van der Waals surface area (Å²) in [6.45, 7) is 5.30. The molecule has 0 amide bonds. The number of benzene rings is 1. The van der Waals surface area contributed by atoms with Gasteiger partial charge in [0.2, 0.25) is 0 Å². The molecule has 1 aromatic rings. The molecule has 19 heavy (non-hydrogen) atoms. The quantitative estimate of drug-likeness (QED) is 0.915. The summed E-state index contributed by atoms with van der Waals surface area (Å²) in [6.07, 6.45) is 3.65. The summed E-state index contributed by atoms with van der Waals surface area (Å²) in [7, 11) is 0. The SMILES string of the molecule is CC1(C)Cc2cc(CNC3CCSCC3)ccc2O1. The number of hydrogen-bond acceptors (Lipinski definition) is 3. The van der Waals surface area contributed by atoms with Crippen molar-refractivity contribution in [3.05, 3.63) is 29.3 Å². The highest BCUT2D eigenvalue weighted by Gasteiger charge is 2.29. The molecule has 2 aliphatic heterocycles. The van der Waals surface area contributed by atoms with E-state index in [2.05, 4.69) is 49.1 Å². The smallest absolute Gasteiger partial charge is 0.123 e. The Labute approximate surface area is 120 Å². The first-order valence-electron chi connectivity index (χ1n) is 7.24. The molecule has 0 spiro atoms. The van der Waals surface area contributed by atoms with Crippen LogP contribution in [0.3, 0.4) is 0 Å². The zero-order valence-electron chi connectivity index (χ0n) is 11.9. The third kappa shape index (κ3) is 3.26. The molecule has 0 radical (unpaired) electrons. The van der Waals surface area contributed by atoms with Crippen molar-refractivity contribution in [2.45, 2.75) is 51.3 Å². The predicted octanol–water partition coefficient (Wildman–Crippen LogP) is 3.39. The summed E-state index contributed by atoms with van der Waals surface area (Å²) >= 11 is 2.08. The van der Waals surface area contributed by atoms with Gasteiger partial charge in [-0.2, -0.15) is 11.8 Å². The fraction of sp³-hybridized carbons (Fsp3) is 0.625. The lowest BCUT2D eigenvalue weighted by atomic mass is 10.00. The van der Waals surface area contributed by atoms with Crippen molar-refractivity contribution < 1.29 is 4.74 Å². The Bertz CT molecular complexity index is 452. The van der Waals surface area contributed by atoms with Crippen LogP contribution in [0.5, 0.6) is 5.75 Å². The first-order chi connectivity index (χ1) is 9.12. The summed E-state index contributed by atoms with van der Waals surface area (Å²) in [6, 6.07) is 7.36. The van der Waals surface area contributed by atoms with Gasteiger partial charge < -0.3 is 10.1 Å². The molecule has 2 aliphatic rings. The minimum atomic E-state index is -0.0328.